The highest BCUT2D eigenvalue weighted by Gasteiger charge is 2.26. The quantitative estimate of drug-likeness (QED) is 0.626. The maximum absolute atomic E-state index is 13.1. The van der Waals surface area contributed by atoms with Crippen molar-refractivity contribution in [3.63, 3.8) is 0 Å². The Balaban J connectivity index is 1.30. The predicted octanol–water partition coefficient (Wildman–Crippen LogP) is 3.41. The molecule has 1 N–H and O–H groups in total. The molecular weight excluding hydrogens is 399 g/mol. The molecule has 0 spiro atoms. The zero-order valence-corrected chi connectivity index (χ0v) is 17.4. The van der Waals surface area contributed by atoms with E-state index in [0.717, 1.165) is 30.7 Å². The minimum atomic E-state index is -0.308. The van der Waals surface area contributed by atoms with E-state index in [0.29, 0.717) is 36.9 Å². The number of likely N-dealkylation sites (tertiary alicyclic amines) is 1. The fourth-order valence-electron chi connectivity index (χ4n) is 3.72. The highest BCUT2D eigenvalue weighted by Crippen LogP contribution is 2.21. The number of methoxy groups -OCH3 is 1. The number of nitrogens with one attached hydrogen (secondary N) is 1. The van der Waals surface area contributed by atoms with E-state index < -0.39 is 0 Å². The van der Waals surface area contributed by atoms with Crippen LogP contribution in [0.4, 0.5) is 4.39 Å². The van der Waals surface area contributed by atoms with Crippen molar-refractivity contribution in [1.29, 1.82) is 0 Å². The van der Waals surface area contributed by atoms with E-state index in [1.54, 1.807) is 19.2 Å². The molecule has 1 aromatic heterocycles. The van der Waals surface area contributed by atoms with Crippen molar-refractivity contribution in [1.82, 2.24) is 20.4 Å². The highest BCUT2D eigenvalue weighted by atomic mass is 19.1. The Hall–Kier alpha value is -3.26. The van der Waals surface area contributed by atoms with Gasteiger partial charge in [-0.25, -0.2) is 4.39 Å². The summed E-state index contributed by atoms with van der Waals surface area (Å²) in [6.45, 7) is 2.49. The number of rotatable bonds is 7. The lowest BCUT2D eigenvalue weighted by atomic mass is 9.97. The van der Waals surface area contributed by atoms with Gasteiger partial charge >= 0.3 is 0 Å². The van der Waals surface area contributed by atoms with E-state index in [4.69, 9.17) is 9.26 Å². The minimum absolute atomic E-state index is 0.0537. The lowest BCUT2D eigenvalue weighted by Gasteiger charge is -2.30. The van der Waals surface area contributed by atoms with E-state index in [1.165, 1.54) is 12.1 Å². The summed E-state index contributed by atoms with van der Waals surface area (Å²) < 4.78 is 23.6. The largest absolute Gasteiger partial charge is 0.497 e. The number of halogens is 1. The van der Waals surface area contributed by atoms with Crippen molar-refractivity contribution in [3.8, 4) is 17.1 Å². The summed E-state index contributed by atoms with van der Waals surface area (Å²) in [7, 11) is 1.63. The molecule has 0 radical (unpaired) electrons. The molecular formula is C23H25FN4O3. The summed E-state index contributed by atoms with van der Waals surface area (Å²) in [5, 5.41) is 7.02. The molecule has 1 aliphatic rings. The number of carbonyl (C=O) groups excluding carboxylic acids is 1. The maximum Gasteiger partial charge on any atom is 0.241 e. The number of hydrogen-bond acceptors (Lipinski definition) is 6. The van der Waals surface area contributed by atoms with Gasteiger partial charge < -0.3 is 14.6 Å². The molecule has 162 valence electrons. The Bertz CT molecular complexity index is 1000. The van der Waals surface area contributed by atoms with Crippen LogP contribution in [0, 0.1) is 11.7 Å². The van der Waals surface area contributed by atoms with E-state index in [1.807, 2.05) is 24.3 Å². The van der Waals surface area contributed by atoms with Gasteiger partial charge in [0.1, 0.15) is 11.6 Å². The van der Waals surface area contributed by atoms with Gasteiger partial charge in [-0.2, -0.15) is 4.98 Å². The van der Waals surface area contributed by atoms with Crippen LogP contribution in [0.3, 0.4) is 0 Å². The number of carbonyl (C=O) groups is 1. The smallest absolute Gasteiger partial charge is 0.241 e. The van der Waals surface area contributed by atoms with Gasteiger partial charge in [-0.1, -0.05) is 17.3 Å². The number of aromatic nitrogens is 2. The zero-order valence-electron chi connectivity index (χ0n) is 17.4. The molecule has 2 aromatic carbocycles. The summed E-state index contributed by atoms with van der Waals surface area (Å²) in [6, 6.07) is 13.6. The van der Waals surface area contributed by atoms with Crippen LogP contribution in [0.25, 0.3) is 11.4 Å². The molecule has 2 heterocycles. The minimum Gasteiger partial charge on any atom is -0.497 e. The standard InChI is InChI=1S/C23H25FN4O3/c1-30-20-10-4-16(5-11-20)13-25-23(29)18-3-2-12-28(14-18)15-21-26-22(27-31-21)17-6-8-19(24)9-7-17/h4-11,18H,2-3,12-15H2,1H3,(H,25,29). The van der Waals surface area contributed by atoms with Crippen molar-refractivity contribution >= 4 is 5.91 Å². The van der Waals surface area contributed by atoms with E-state index in [2.05, 4.69) is 20.4 Å². The van der Waals surface area contributed by atoms with Crippen molar-refractivity contribution in [2.75, 3.05) is 20.2 Å². The lowest BCUT2D eigenvalue weighted by Crippen LogP contribution is -2.42. The first-order chi connectivity index (χ1) is 15.1. The monoisotopic (exact) mass is 424 g/mol. The Labute approximate surface area is 180 Å². The SMILES string of the molecule is COc1ccc(CNC(=O)C2CCCN(Cc3nc(-c4ccc(F)cc4)no3)C2)cc1. The van der Waals surface area contributed by atoms with E-state index in [-0.39, 0.29) is 17.6 Å². The van der Waals surface area contributed by atoms with Crippen molar-refractivity contribution in [2.45, 2.75) is 25.9 Å². The van der Waals surface area contributed by atoms with E-state index >= 15 is 0 Å². The van der Waals surface area contributed by atoms with Crippen LogP contribution in [0.1, 0.15) is 24.3 Å². The Morgan fingerprint density at radius 3 is 2.74 bits per heavy atom. The van der Waals surface area contributed by atoms with Crippen LogP contribution in [0.2, 0.25) is 0 Å². The van der Waals surface area contributed by atoms with E-state index in [9.17, 15) is 9.18 Å². The number of hydrogen-bond donors (Lipinski definition) is 1. The number of piperidine rings is 1. The fraction of sp³-hybridized carbons (Fsp3) is 0.348. The van der Waals surface area contributed by atoms with Gasteiger partial charge in [0.15, 0.2) is 0 Å². The van der Waals surface area contributed by atoms with Crippen molar-refractivity contribution in [3.05, 3.63) is 65.8 Å². The summed E-state index contributed by atoms with van der Waals surface area (Å²) in [4.78, 5) is 19.2. The fourth-order valence-corrected chi connectivity index (χ4v) is 3.72. The molecule has 1 saturated heterocycles. The van der Waals surface area contributed by atoms with Gasteiger partial charge in [-0.05, 0) is 61.3 Å². The van der Waals surface area contributed by atoms with Crippen LogP contribution >= 0.6 is 0 Å². The van der Waals surface area contributed by atoms with Gasteiger partial charge in [0.05, 0.1) is 19.6 Å². The van der Waals surface area contributed by atoms with Gasteiger partial charge in [-0.15, -0.1) is 0 Å². The molecule has 1 aliphatic heterocycles. The van der Waals surface area contributed by atoms with Crippen molar-refractivity contribution in [2.24, 2.45) is 5.92 Å². The molecule has 0 saturated carbocycles. The zero-order chi connectivity index (χ0) is 21.6. The summed E-state index contributed by atoms with van der Waals surface area (Å²) in [5.41, 5.74) is 1.73. The normalized spacial score (nSPS) is 16.8. The molecule has 7 nitrogen and oxygen atoms in total. The Morgan fingerprint density at radius 1 is 1.23 bits per heavy atom. The molecule has 1 unspecified atom stereocenters. The third-order valence-electron chi connectivity index (χ3n) is 5.43. The van der Waals surface area contributed by atoms with Gasteiger partial charge in [0.25, 0.3) is 0 Å². The average molecular weight is 424 g/mol. The topological polar surface area (TPSA) is 80.5 Å². The number of amides is 1. The van der Waals surface area contributed by atoms with Gasteiger partial charge in [0.2, 0.25) is 17.6 Å². The average Bonchev–Trinajstić information content (AvgIpc) is 3.27. The first-order valence-corrected chi connectivity index (χ1v) is 10.3. The highest BCUT2D eigenvalue weighted by molar-refractivity contribution is 5.79. The molecule has 0 aliphatic carbocycles. The molecule has 31 heavy (non-hydrogen) atoms. The van der Waals surface area contributed by atoms with Crippen LogP contribution < -0.4 is 10.1 Å². The van der Waals surface area contributed by atoms with Crippen LogP contribution in [0.15, 0.2) is 53.1 Å². The molecule has 3 aromatic rings. The van der Waals surface area contributed by atoms with Crippen molar-refractivity contribution < 1.29 is 18.4 Å². The molecule has 8 heteroatoms. The lowest BCUT2D eigenvalue weighted by molar-refractivity contribution is -0.127. The van der Waals surface area contributed by atoms with Crippen LogP contribution in [0.5, 0.6) is 5.75 Å². The van der Waals surface area contributed by atoms with Gasteiger partial charge in [-0.3, -0.25) is 9.69 Å². The second-order valence-electron chi connectivity index (χ2n) is 7.66. The molecule has 0 bridgehead atoms. The predicted molar refractivity (Wildman–Crippen MR) is 113 cm³/mol. The third-order valence-corrected chi connectivity index (χ3v) is 5.43. The Kier molecular flexibility index (Phi) is 6.57. The van der Waals surface area contributed by atoms with Crippen LogP contribution in [-0.4, -0.2) is 41.1 Å². The summed E-state index contributed by atoms with van der Waals surface area (Å²) in [5.74, 6) is 1.38. The number of benzene rings is 2. The Morgan fingerprint density at radius 2 is 2.00 bits per heavy atom. The second kappa shape index (κ2) is 9.70. The summed E-state index contributed by atoms with van der Waals surface area (Å²) in [6.07, 6.45) is 1.79. The third kappa shape index (κ3) is 5.46. The number of nitrogens with zero attached hydrogens (tertiary/aromatic N) is 3. The molecule has 4 rings (SSSR count). The molecule has 1 atom stereocenters. The summed E-state index contributed by atoms with van der Waals surface area (Å²) >= 11 is 0. The first-order valence-electron chi connectivity index (χ1n) is 10.3. The number of ether oxygens (including phenoxy) is 1. The van der Waals surface area contributed by atoms with Crippen LogP contribution in [-0.2, 0) is 17.9 Å². The van der Waals surface area contributed by atoms with Gasteiger partial charge in [0, 0.05) is 18.7 Å². The molecule has 1 amide bonds. The first kappa shape index (κ1) is 21.0. The maximum atomic E-state index is 13.1. The molecule has 1 fully saturated rings. The second-order valence-corrected chi connectivity index (χ2v) is 7.66.